The third-order valence-electron chi connectivity index (χ3n) is 6.17. The van der Waals surface area contributed by atoms with Gasteiger partial charge in [0.25, 0.3) is 0 Å². The van der Waals surface area contributed by atoms with Gasteiger partial charge >= 0.3 is 0 Å². The van der Waals surface area contributed by atoms with Crippen molar-refractivity contribution in [3.05, 3.63) is 11.8 Å². The number of carbonyl (C=O) groups excluding carboxylic acids is 5. The average Bonchev–Trinajstić information content (AvgIpc) is 2.93. The van der Waals surface area contributed by atoms with Crippen molar-refractivity contribution >= 4 is 35.2 Å². The van der Waals surface area contributed by atoms with Crippen molar-refractivity contribution in [2.45, 2.75) is 52.9 Å². The van der Waals surface area contributed by atoms with Crippen molar-refractivity contribution in [1.82, 2.24) is 5.32 Å². The molecular formula is C20H29N5O5. The average molecular weight is 419 g/mol. The van der Waals surface area contributed by atoms with E-state index in [-0.39, 0.29) is 38.0 Å². The standard InChI is InChI=1S/C20H29N5O5/c1-19(2)11(5-7-15(22)27)17(29)25-13(19)8-12-10(4-6-14(21)26)20(3,9-16(23)28)18(30)24-12/h8,10-11H,4-7,9H2,1-3H3,(H2,21,26)(H2,22,27)(H2,23,28)(H,24,30)/b12-8-/t10-,11-,20+/m1/s1. The number of rotatable bonds is 9. The molecule has 164 valence electrons. The summed E-state index contributed by atoms with van der Waals surface area (Å²) in [5.74, 6) is -3.46. The molecule has 1 saturated heterocycles. The predicted octanol–water partition coefficient (Wildman–Crippen LogP) is -0.347. The summed E-state index contributed by atoms with van der Waals surface area (Å²) in [5, 5.41) is 2.76. The molecule has 0 bridgehead atoms. The zero-order valence-electron chi connectivity index (χ0n) is 17.5. The first-order valence-electron chi connectivity index (χ1n) is 9.80. The van der Waals surface area contributed by atoms with Crippen molar-refractivity contribution in [1.29, 1.82) is 0 Å². The van der Waals surface area contributed by atoms with Gasteiger partial charge in [-0.05, 0) is 25.8 Å². The second-order valence-corrected chi connectivity index (χ2v) is 8.79. The van der Waals surface area contributed by atoms with E-state index in [1.807, 2.05) is 13.8 Å². The minimum atomic E-state index is -1.15. The van der Waals surface area contributed by atoms with Crippen LogP contribution in [-0.4, -0.2) is 35.2 Å². The normalized spacial score (nSPS) is 29.0. The first-order valence-corrected chi connectivity index (χ1v) is 9.80. The lowest BCUT2D eigenvalue weighted by Crippen LogP contribution is -2.36. The first kappa shape index (κ1) is 23.2. The molecule has 0 aromatic heterocycles. The highest BCUT2D eigenvalue weighted by molar-refractivity contribution is 6.13. The molecule has 0 aliphatic carbocycles. The third-order valence-corrected chi connectivity index (χ3v) is 6.17. The fourth-order valence-corrected chi connectivity index (χ4v) is 4.29. The zero-order chi connectivity index (χ0) is 22.9. The van der Waals surface area contributed by atoms with Crippen LogP contribution in [0.3, 0.4) is 0 Å². The van der Waals surface area contributed by atoms with E-state index in [2.05, 4.69) is 10.3 Å². The molecular weight excluding hydrogens is 390 g/mol. The van der Waals surface area contributed by atoms with Crippen LogP contribution in [0.15, 0.2) is 16.8 Å². The number of nitrogens with two attached hydrogens (primary N) is 3. The van der Waals surface area contributed by atoms with Crippen LogP contribution in [0.5, 0.6) is 0 Å². The van der Waals surface area contributed by atoms with Crippen LogP contribution in [0.4, 0.5) is 0 Å². The lowest BCUT2D eigenvalue weighted by Gasteiger charge is -2.28. The fraction of sp³-hybridized carbons (Fsp3) is 0.600. The van der Waals surface area contributed by atoms with Gasteiger partial charge in [0.2, 0.25) is 29.5 Å². The van der Waals surface area contributed by atoms with E-state index in [0.29, 0.717) is 11.4 Å². The van der Waals surface area contributed by atoms with Gasteiger partial charge in [-0.2, -0.15) is 0 Å². The smallest absolute Gasteiger partial charge is 0.249 e. The Hall–Kier alpha value is -3.04. The second-order valence-electron chi connectivity index (χ2n) is 8.79. The summed E-state index contributed by atoms with van der Waals surface area (Å²) < 4.78 is 0. The molecule has 0 spiro atoms. The van der Waals surface area contributed by atoms with E-state index in [9.17, 15) is 24.0 Å². The molecule has 2 heterocycles. The van der Waals surface area contributed by atoms with Crippen molar-refractivity contribution in [3.63, 3.8) is 0 Å². The molecule has 1 fully saturated rings. The molecule has 3 atom stereocenters. The Balaban J connectivity index is 2.39. The van der Waals surface area contributed by atoms with Crippen LogP contribution in [-0.2, 0) is 24.0 Å². The Morgan fingerprint density at radius 3 is 2.00 bits per heavy atom. The minimum Gasteiger partial charge on any atom is -0.370 e. The minimum absolute atomic E-state index is 0.0152. The highest BCUT2D eigenvalue weighted by Crippen LogP contribution is 2.45. The molecule has 2 rings (SSSR count). The van der Waals surface area contributed by atoms with Gasteiger partial charge in [0.05, 0.1) is 17.0 Å². The number of allylic oxidation sites excluding steroid dienone is 2. The maximum Gasteiger partial charge on any atom is 0.249 e. The Kier molecular flexibility index (Phi) is 6.48. The number of aliphatic imine (C=N–C) groups is 1. The number of nitrogens with zero attached hydrogens (tertiary/aromatic N) is 1. The molecule has 10 heteroatoms. The fourth-order valence-electron chi connectivity index (χ4n) is 4.29. The van der Waals surface area contributed by atoms with Gasteiger partial charge in [0.1, 0.15) is 0 Å². The van der Waals surface area contributed by atoms with Crippen LogP contribution in [0, 0.1) is 22.7 Å². The first-order chi connectivity index (χ1) is 13.8. The number of hydrogen-bond acceptors (Lipinski definition) is 5. The highest BCUT2D eigenvalue weighted by atomic mass is 16.2. The maximum atomic E-state index is 12.7. The van der Waals surface area contributed by atoms with Gasteiger partial charge in [0.15, 0.2) is 0 Å². The summed E-state index contributed by atoms with van der Waals surface area (Å²) in [4.78, 5) is 63.3. The van der Waals surface area contributed by atoms with E-state index in [1.165, 1.54) is 0 Å². The molecule has 0 aromatic rings. The summed E-state index contributed by atoms with van der Waals surface area (Å²) in [7, 11) is 0. The number of amides is 5. The van der Waals surface area contributed by atoms with Crippen LogP contribution >= 0.6 is 0 Å². The molecule has 5 amide bonds. The SMILES string of the molecule is CC1(C)C(/C=C2\NC(=O)[C@@](C)(CC(N)=O)[C@@H]2CCC(N)=O)=NC(=O)[C@H]1CCC(N)=O. The summed E-state index contributed by atoms with van der Waals surface area (Å²) in [6.07, 6.45) is 2.01. The molecule has 2 aliphatic heterocycles. The molecule has 0 aromatic carbocycles. The lowest BCUT2D eigenvalue weighted by atomic mass is 9.71. The topological polar surface area (TPSA) is 188 Å². The third kappa shape index (κ3) is 4.58. The number of nitrogens with one attached hydrogen (secondary N) is 1. The Labute approximate surface area is 174 Å². The van der Waals surface area contributed by atoms with Crippen molar-refractivity contribution in [2.24, 2.45) is 44.9 Å². The number of hydrogen-bond donors (Lipinski definition) is 4. The summed E-state index contributed by atoms with van der Waals surface area (Å²) in [6.45, 7) is 5.27. The Morgan fingerprint density at radius 2 is 1.50 bits per heavy atom. The van der Waals surface area contributed by atoms with Gasteiger partial charge < -0.3 is 22.5 Å². The Morgan fingerprint density at radius 1 is 0.967 bits per heavy atom. The number of carbonyl (C=O) groups is 5. The van der Waals surface area contributed by atoms with Crippen molar-refractivity contribution < 1.29 is 24.0 Å². The quantitative estimate of drug-likeness (QED) is 0.397. The largest absolute Gasteiger partial charge is 0.370 e. The van der Waals surface area contributed by atoms with Crippen LogP contribution < -0.4 is 22.5 Å². The molecule has 0 radical (unpaired) electrons. The highest BCUT2D eigenvalue weighted by Gasteiger charge is 2.51. The summed E-state index contributed by atoms with van der Waals surface area (Å²) >= 11 is 0. The summed E-state index contributed by atoms with van der Waals surface area (Å²) in [6, 6.07) is 0. The van der Waals surface area contributed by atoms with E-state index in [4.69, 9.17) is 17.2 Å². The molecule has 0 unspecified atom stereocenters. The van der Waals surface area contributed by atoms with Gasteiger partial charge in [-0.1, -0.05) is 13.8 Å². The number of primary amides is 3. The van der Waals surface area contributed by atoms with Crippen LogP contribution in [0.2, 0.25) is 0 Å². The van der Waals surface area contributed by atoms with Crippen molar-refractivity contribution in [3.8, 4) is 0 Å². The monoisotopic (exact) mass is 419 g/mol. The van der Waals surface area contributed by atoms with Gasteiger partial charge in [-0.15, -0.1) is 0 Å². The van der Waals surface area contributed by atoms with E-state index in [1.54, 1.807) is 13.0 Å². The van der Waals surface area contributed by atoms with Gasteiger partial charge in [-0.25, -0.2) is 4.99 Å². The molecule has 30 heavy (non-hydrogen) atoms. The molecule has 0 saturated carbocycles. The second kappa shape index (κ2) is 8.37. The molecule has 2 aliphatic rings. The Bertz CT molecular complexity index is 860. The van der Waals surface area contributed by atoms with Gasteiger partial charge in [0, 0.05) is 36.3 Å². The van der Waals surface area contributed by atoms with E-state index < -0.39 is 46.3 Å². The lowest BCUT2D eigenvalue weighted by molar-refractivity contribution is -0.133. The van der Waals surface area contributed by atoms with E-state index in [0.717, 1.165) is 0 Å². The van der Waals surface area contributed by atoms with Crippen LogP contribution in [0.25, 0.3) is 0 Å². The molecule has 10 nitrogen and oxygen atoms in total. The van der Waals surface area contributed by atoms with Crippen LogP contribution in [0.1, 0.15) is 52.9 Å². The zero-order valence-corrected chi connectivity index (χ0v) is 17.5. The molecule has 7 N–H and O–H groups in total. The predicted molar refractivity (Wildman–Crippen MR) is 108 cm³/mol. The van der Waals surface area contributed by atoms with E-state index >= 15 is 0 Å². The maximum absolute atomic E-state index is 12.7. The van der Waals surface area contributed by atoms with Crippen molar-refractivity contribution in [2.75, 3.05) is 0 Å². The van der Waals surface area contributed by atoms with Gasteiger partial charge in [-0.3, -0.25) is 24.0 Å². The summed E-state index contributed by atoms with van der Waals surface area (Å²) in [5.41, 5.74) is 14.9.